The van der Waals surface area contributed by atoms with E-state index < -0.39 is 5.97 Å². The second kappa shape index (κ2) is 12.6. The van der Waals surface area contributed by atoms with Gasteiger partial charge in [-0.25, -0.2) is 4.79 Å². The summed E-state index contributed by atoms with van der Waals surface area (Å²) in [4.78, 5) is 39.5. The minimum absolute atomic E-state index is 0.175. The van der Waals surface area contributed by atoms with E-state index in [4.69, 9.17) is 4.74 Å². The molecule has 0 aliphatic heterocycles. The first-order valence-corrected chi connectivity index (χ1v) is 13.6. The second-order valence-corrected chi connectivity index (χ2v) is 10.5. The van der Waals surface area contributed by atoms with Gasteiger partial charge in [0, 0.05) is 21.5 Å². The summed E-state index contributed by atoms with van der Waals surface area (Å²) in [5.41, 5.74) is 3.13. The number of carbonyl (C=O) groups is 3. The Bertz CT molecular complexity index is 1270. The number of amides is 2. The third-order valence-corrected chi connectivity index (χ3v) is 7.96. The van der Waals surface area contributed by atoms with E-state index in [2.05, 4.69) is 10.6 Å². The Morgan fingerprint density at radius 2 is 1.81 bits per heavy atom. The highest BCUT2D eigenvalue weighted by molar-refractivity contribution is 8.00. The van der Waals surface area contributed by atoms with E-state index in [-0.39, 0.29) is 17.6 Å². The van der Waals surface area contributed by atoms with E-state index in [0.717, 1.165) is 48.1 Å². The summed E-state index contributed by atoms with van der Waals surface area (Å²) in [7, 11) is 1.37. The van der Waals surface area contributed by atoms with Crippen molar-refractivity contribution in [2.24, 2.45) is 0 Å². The van der Waals surface area contributed by atoms with Crippen molar-refractivity contribution >= 4 is 57.6 Å². The Morgan fingerprint density at radius 1 is 1.00 bits per heavy atom. The Balaban J connectivity index is 1.36. The molecule has 36 heavy (non-hydrogen) atoms. The average molecular weight is 521 g/mol. The van der Waals surface area contributed by atoms with Crippen LogP contribution >= 0.6 is 23.1 Å². The normalized spacial score (nSPS) is 13.0. The van der Waals surface area contributed by atoms with E-state index in [0.29, 0.717) is 16.3 Å². The lowest BCUT2D eigenvalue weighted by Crippen LogP contribution is -2.16. The van der Waals surface area contributed by atoms with Gasteiger partial charge in [0.15, 0.2) is 0 Å². The summed E-state index contributed by atoms with van der Waals surface area (Å²) in [5, 5.41) is 6.36. The predicted molar refractivity (Wildman–Crippen MR) is 147 cm³/mol. The van der Waals surface area contributed by atoms with Crippen LogP contribution in [0.3, 0.4) is 0 Å². The molecule has 0 spiro atoms. The first-order valence-electron chi connectivity index (χ1n) is 11.8. The lowest BCUT2D eigenvalue weighted by atomic mass is 10.1. The standard InChI is InChI=1S/C28H28N2O4S2/c1-34-28(33)26-22-13-6-3-7-14-23(22)36-27(26)30-25(32)18-35-21-12-8-11-20(17-21)29-24(31)16-15-19-9-4-2-5-10-19/h2,4-5,8-12,15-17H,3,6-7,13-14,18H2,1H3,(H,29,31)(H,30,32)/b16-15+. The number of hydrogen-bond acceptors (Lipinski definition) is 6. The van der Waals surface area contributed by atoms with E-state index >= 15 is 0 Å². The van der Waals surface area contributed by atoms with Crippen molar-refractivity contribution in [3.63, 3.8) is 0 Å². The Hall–Kier alpha value is -3.36. The van der Waals surface area contributed by atoms with E-state index in [1.54, 1.807) is 12.1 Å². The molecule has 2 N–H and O–H groups in total. The van der Waals surface area contributed by atoms with E-state index in [1.165, 1.54) is 41.2 Å². The van der Waals surface area contributed by atoms with Crippen LogP contribution in [0.1, 0.15) is 45.6 Å². The molecule has 0 saturated carbocycles. The first-order chi connectivity index (χ1) is 17.5. The number of methoxy groups -OCH3 is 1. The lowest BCUT2D eigenvalue weighted by molar-refractivity contribution is -0.114. The molecule has 0 radical (unpaired) electrons. The smallest absolute Gasteiger partial charge is 0.341 e. The molecule has 1 aliphatic carbocycles. The molecule has 0 unspecified atom stereocenters. The molecule has 1 aromatic heterocycles. The number of ether oxygens (including phenoxy) is 1. The van der Waals surface area contributed by atoms with Gasteiger partial charge in [-0.1, -0.05) is 42.8 Å². The molecule has 3 aromatic rings. The van der Waals surface area contributed by atoms with Crippen molar-refractivity contribution in [2.75, 3.05) is 23.5 Å². The second-order valence-electron chi connectivity index (χ2n) is 8.36. The van der Waals surface area contributed by atoms with E-state index in [9.17, 15) is 14.4 Å². The third kappa shape index (κ3) is 6.86. The van der Waals surface area contributed by atoms with E-state index in [1.807, 2.05) is 48.5 Å². The number of anilines is 2. The molecule has 4 rings (SSSR count). The lowest BCUT2D eigenvalue weighted by Gasteiger charge is -2.08. The molecule has 1 heterocycles. The van der Waals surface area contributed by atoms with Gasteiger partial charge in [-0.3, -0.25) is 9.59 Å². The number of hydrogen-bond donors (Lipinski definition) is 2. The van der Waals surface area contributed by atoms with Crippen molar-refractivity contribution in [1.29, 1.82) is 0 Å². The van der Waals surface area contributed by atoms with Crippen LogP contribution < -0.4 is 10.6 Å². The van der Waals surface area contributed by atoms with Gasteiger partial charge in [-0.05, 0) is 61.1 Å². The molecule has 186 valence electrons. The zero-order valence-electron chi connectivity index (χ0n) is 20.0. The molecular formula is C28H28N2O4S2. The number of thioether (sulfide) groups is 1. The number of benzene rings is 2. The Morgan fingerprint density at radius 3 is 2.61 bits per heavy atom. The minimum Gasteiger partial charge on any atom is -0.465 e. The van der Waals surface area contributed by atoms with Crippen LogP contribution in [0, 0.1) is 0 Å². The van der Waals surface area contributed by atoms with Gasteiger partial charge in [0.25, 0.3) is 0 Å². The highest BCUT2D eigenvalue weighted by Crippen LogP contribution is 2.38. The van der Waals surface area contributed by atoms with Gasteiger partial charge in [0.1, 0.15) is 5.00 Å². The van der Waals surface area contributed by atoms with Crippen LogP contribution in [-0.2, 0) is 27.2 Å². The predicted octanol–water partition coefficient (Wildman–Crippen LogP) is 6.19. The van der Waals surface area contributed by atoms with Gasteiger partial charge in [0.2, 0.25) is 11.8 Å². The van der Waals surface area contributed by atoms with Gasteiger partial charge in [0.05, 0.1) is 18.4 Å². The van der Waals surface area contributed by atoms with Crippen LogP contribution in [-0.4, -0.2) is 30.6 Å². The van der Waals surface area contributed by atoms with Crippen molar-refractivity contribution in [1.82, 2.24) is 0 Å². The SMILES string of the molecule is COC(=O)c1c(NC(=O)CSc2cccc(NC(=O)/C=C/c3ccccc3)c2)sc2c1CCCCC2. The number of rotatable bonds is 8. The Kier molecular flexibility index (Phi) is 8.97. The molecule has 8 heteroatoms. The molecule has 2 aromatic carbocycles. The van der Waals surface area contributed by atoms with Crippen molar-refractivity contribution in [3.8, 4) is 0 Å². The Labute approximate surface area is 219 Å². The molecule has 0 saturated heterocycles. The van der Waals surface area contributed by atoms with Gasteiger partial charge < -0.3 is 15.4 Å². The summed E-state index contributed by atoms with van der Waals surface area (Å²) in [6.45, 7) is 0. The molecule has 1 aliphatic rings. The minimum atomic E-state index is -0.401. The van der Waals surface area contributed by atoms with Crippen molar-refractivity contribution in [3.05, 3.63) is 82.2 Å². The van der Waals surface area contributed by atoms with Gasteiger partial charge in [-0.15, -0.1) is 23.1 Å². The third-order valence-electron chi connectivity index (χ3n) is 5.76. The molecule has 0 bridgehead atoms. The van der Waals surface area contributed by atoms with Crippen molar-refractivity contribution in [2.45, 2.75) is 37.0 Å². The molecular weight excluding hydrogens is 492 g/mol. The van der Waals surface area contributed by atoms with Gasteiger partial charge in [-0.2, -0.15) is 0 Å². The largest absolute Gasteiger partial charge is 0.465 e. The maximum absolute atomic E-state index is 12.8. The maximum atomic E-state index is 12.8. The fraction of sp³-hybridized carbons (Fsp3) is 0.250. The molecule has 6 nitrogen and oxygen atoms in total. The first kappa shape index (κ1) is 25.7. The number of aryl methyl sites for hydroxylation is 1. The fourth-order valence-electron chi connectivity index (χ4n) is 4.04. The summed E-state index contributed by atoms with van der Waals surface area (Å²) < 4.78 is 5.01. The van der Waals surface area contributed by atoms with Crippen molar-refractivity contribution < 1.29 is 19.1 Å². The summed E-state index contributed by atoms with van der Waals surface area (Å²) in [5.74, 6) is -0.649. The highest BCUT2D eigenvalue weighted by Gasteiger charge is 2.26. The van der Waals surface area contributed by atoms with Crippen LogP contribution in [0.2, 0.25) is 0 Å². The monoisotopic (exact) mass is 520 g/mol. The summed E-state index contributed by atoms with van der Waals surface area (Å²) >= 11 is 2.85. The number of thiophene rings is 1. The average Bonchev–Trinajstić information content (AvgIpc) is 3.06. The maximum Gasteiger partial charge on any atom is 0.341 e. The topological polar surface area (TPSA) is 84.5 Å². The number of carbonyl (C=O) groups excluding carboxylic acids is 3. The van der Waals surface area contributed by atoms with Crippen LogP contribution in [0.4, 0.5) is 10.7 Å². The van der Waals surface area contributed by atoms with Crippen LogP contribution in [0.25, 0.3) is 6.08 Å². The quantitative estimate of drug-likeness (QED) is 0.160. The molecule has 2 amide bonds. The number of nitrogens with one attached hydrogen (secondary N) is 2. The van der Waals surface area contributed by atoms with Crippen LogP contribution in [0.15, 0.2) is 65.6 Å². The number of fused-ring (bicyclic) bond motifs is 1. The molecule has 0 atom stereocenters. The number of esters is 1. The molecule has 0 fully saturated rings. The van der Waals surface area contributed by atoms with Crippen LogP contribution in [0.5, 0.6) is 0 Å². The zero-order valence-corrected chi connectivity index (χ0v) is 21.7. The summed E-state index contributed by atoms with van der Waals surface area (Å²) in [6.07, 6.45) is 8.27. The zero-order chi connectivity index (χ0) is 25.3. The highest BCUT2D eigenvalue weighted by atomic mass is 32.2. The fourth-order valence-corrected chi connectivity index (χ4v) is 6.09. The van der Waals surface area contributed by atoms with Gasteiger partial charge >= 0.3 is 5.97 Å². The summed E-state index contributed by atoms with van der Waals surface area (Å²) in [6, 6.07) is 17.0.